The molecule has 0 aliphatic heterocycles. The number of nitrogens with one attached hydrogen (secondary N) is 1. The van der Waals surface area contributed by atoms with Crippen LogP contribution in [0.2, 0.25) is 5.02 Å². The van der Waals surface area contributed by atoms with Gasteiger partial charge in [0.15, 0.2) is 5.65 Å². The molecule has 1 N–H and O–H groups in total. The largest absolute Gasteiger partial charge is 0.297 e. The minimum atomic E-state index is 0.728. The van der Waals surface area contributed by atoms with E-state index in [2.05, 4.69) is 10.1 Å². The molecule has 0 radical (unpaired) electrons. The van der Waals surface area contributed by atoms with Crippen molar-refractivity contribution in [2.45, 2.75) is 6.92 Å². The SMILES string of the molecule is Cc1cc2nc3ccc(Cl)cc3n2[nH]1. The van der Waals surface area contributed by atoms with Gasteiger partial charge in [-0.2, -0.15) is 0 Å². The lowest BCUT2D eigenvalue weighted by molar-refractivity contribution is 0.974. The lowest BCUT2D eigenvalue weighted by Crippen LogP contribution is -1.83. The summed E-state index contributed by atoms with van der Waals surface area (Å²) in [4.78, 5) is 4.45. The fourth-order valence-electron chi connectivity index (χ4n) is 1.68. The summed E-state index contributed by atoms with van der Waals surface area (Å²) >= 11 is 5.93. The summed E-state index contributed by atoms with van der Waals surface area (Å²) in [6, 6.07) is 7.69. The number of H-pyrrole nitrogens is 1. The summed E-state index contributed by atoms with van der Waals surface area (Å²) < 4.78 is 1.94. The normalized spacial score (nSPS) is 11.6. The lowest BCUT2D eigenvalue weighted by Gasteiger charge is -1.91. The van der Waals surface area contributed by atoms with Gasteiger partial charge in [0, 0.05) is 16.8 Å². The van der Waals surface area contributed by atoms with E-state index in [0.717, 1.165) is 27.4 Å². The highest BCUT2D eigenvalue weighted by Crippen LogP contribution is 2.20. The molecule has 0 unspecified atom stereocenters. The van der Waals surface area contributed by atoms with Crippen molar-refractivity contribution >= 4 is 28.3 Å². The zero-order valence-electron chi connectivity index (χ0n) is 7.58. The Morgan fingerprint density at radius 1 is 1.36 bits per heavy atom. The summed E-state index contributed by atoms with van der Waals surface area (Å²) in [7, 11) is 0. The van der Waals surface area contributed by atoms with Crippen molar-refractivity contribution in [3.05, 3.63) is 35.0 Å². The van der Waals surface area contributed by atoms with Crippen LogP contribution < -0.4 is 0 Å². The Kier molecular flexibility index (Phi) is 1.42. The van der Waals surface area contributed by atoms with E-state index in [1.807, 2.05) is 35.7 Å². The smallest absolute Gasteiger partial charge is 0.154 e. The van der Waals surface area contributed by atoms with Gasteiger partial charge in [-0.25, -0.2) is 9.50 Å². The van der Waals surface area contributed by atoms with E-state index in [0.29, 0.717) is 0 Å². The number of hydrogen-bond acceptors (Lipinski definition) is 1. The zero-order valence-corrected chi connectivity index (χ0v) is 8.34. The molecule has 0 aliphatic rings. The van der Waals surface area contributed by atoms with E-state index in [-0.39, 0.29) is 0 Å². The number of imidazole rings is 1. The molecule has 3 rings (SSSR count). The first kappa shape index (κ1) is 7.88. The lowest BCUT2D eigenvalue weighted by atomic mass is 10.3. The second kappa shape index (κ2) is 2.51. The van der Waals surface area contributed by atoms with E-state index >= 15 is 0 Å². The van der Waals surface area contributed by atoms with Crippen molar-refractivity contribution in [2.75, 3.05) is 0 Å². The summed E-state index contributed by atoms with van der Waals surface area (Å²) in [5.74, 6) is 0. The summed E-state index contributed by atoms with van der Waals surface area (Å²) in [5, 5.41) is 3.93. The van der Waals surface area contributed by atoms with Crippen LogP contribution in [0.3, 0.4) is 0 Å². The standard InChI is InChI=1S/C10H8ClN3/c1-6-4-10-12-8-3-2-7(11)5-9(8)14(10)13-6/h2-5,13H,1H3. The number of aromatic nitrogens is 3. The van der Waals surface area contributed by atoms with Crippen LogP contribution in [0.4, 0.5) is 0 Å². The Morgan fingerprint density at radius 3 is 3.07 bits per heavy atom. The predicted molar refractivity (Wildman–Crippen MR) is 56.8 cm³/mol. The number of rotatable bonds is 0. The molecule has 2 aromatic heterocycles. The number of fused-ring (bicyclic) bond motifs is 3. The number of aromatic amines is 1. The summed E-state index contributed by atoms with van der Waals surface area (Å²) in [5.41, 5.74) is 4.00. The fraction of sp³-hybridized carbons (Fsp3) is 0.100. The molecule has 70 valence electrons. The summed E-state index contributed by atoms with van der Waals surface area (Å²) in [6.07, 6.45) is 0. The number of hydrogen-bond donors (Lipinski definition) is 1. The average molecular weight is 206 g/mol. The van der Waals surface area contributed by atoms with Crippen LogP contribution in [0.25, 0.3) is 16.7 Å². The molecule has 1 aromatic carbocycles. The molecule has 4 heteroatoms. The predicted octanol–water partition coefficient (Wildman–Crippen LogP) is 2.78. The molecular weight excluding hydrogens is 198 g/mol. The maximum atomic E-state index is 5.93. The molecule has 3 aromatic rings. The number of halogens is 1. The molecule has 0 saturated carbocycles. The van der Waals surface area contributed by atoms with Crippen LogP contribution in [0.5, 0.6) is 0 Å². The molecule has 0 atom stereocenters. The van der Waals surface area contributed by atoms with Crippen molar-refractivity contribution < 1.29 is 0 Å². The van der Waals surface area contributed by atoms with E-state index < -0.39 is 0 Å². The van der Waals surface area contributed by atoms with Gasteiger partial charge in [0.1, 0.15) is 0 Å². The first-order chi connectivity index (χ1) is 6.74. The van der Waals surface area contributed by atoms with Crippen LogP contribution in [0.1, 0.15) is 5.69 Å². The van der Waals surface area contributed by atoms with Gasteiger partial charge in [-0.3, -0.25) is 5.10 Å². The molecule has 0 fully saturated rings. The Labute approximate surface area is 85.3 Å². The van der Waals surface area contributed by atoms with Crippen molar-refractivity contribution in [3.63, 3.8) is 0 Å². The first-order valence-electron chi connectivity index (χ1n) is 4.37. The highest BCUT2D eigenvalue weighted by molar-refractivity contribution is 6.31. The second-order valence-corrected chi connectivity index (χ2v) is 3.81. The molecule has 0 saturated heterocycles. The Hall–Kier alpha value is -1.48. The van der Waals surface area contributed by atoms with E-state index in [9.17, 15) is 0 Å². The minimum Gasteiger partial charge on any atom is -0.297 e. The highest BCUT2D eigenvalue weighted by Gasteiger charge is 2.06. The molecule has 14 heavy (non-hydrogen) atoms. The molecule has 0 spiro atoms. The van der Waals surface area contributed by atoms with Crippen LogP contribution in [0.15, 0.2) is 24.3 Å². The molecule has 0 amide bonds. The van der Waals surface area contributed by atoms with Gasteiger partial charge in [-0.05, 0) is 25.1 Å². The quantitative estimate of drug-likeness (QED) is 0.602. The zero-order chi connectivity index (χ0) is 9.71. The molecule has 0 aliphatic carbocycles. The molecular formula is C10H8ClN3. The third-order valence-corrected chi connectivity index (χ3v) is 2.51. The van der Waals surface area contributed by atoms with Crippen molar-refractivity contribution in [1.82, 2.24) is 14.6 Å². The molecule has 0 bridgehead atoms. The minimum absolute atomic E-state index is 0.728. The Bertz CT molecular complexity index is 621. The topological polar surface area (TPSA) is 33.1 Å². The van der Waals surface area contributed by atoms with Gasteiger partial charge < -0.3 is 0 Å². The fourth-order valence-corrected chi connectivity index (χ4v) is 1.85. The highest BCUT2D eigenvalue weighted by atomic mass is 35.5. The van der Waals surface area contributed by atoms with Crippen molar-refractivity contribution in [1.29, 1.82) is 0 Å². The number of nitrogens with zero attached hydrogens (tertiary/aromatic N) is 2. The number of benzene rings is 1. The monoisotopic (exact) mass is 205 g/mol. The van der Waals surface area contributed by atoms with Gasteiger partial charge in [0.2, 0.25) is 0 Å². The molecule has 2 heterocycles. The average Bonchev–Trinajstić information content (AvgIpc) is 2.62. The van der Waals surface area contributed by atoms with E-state index in [4.69, 9.17) is 11.6 Å². The maximum absolute atomic E-state index is 5.93. The first-order valence-corrected chi connectivity index (χ1v) is 4.75. The number of aryl methyl sites for hydroxylation is 1. The second-order valence-electron chi connectivity index (χ2n) is 3.38. The Morgan fingerprint density at radius 2 is 2.21 bits per heavy atom. The maximum Gasteiger partial charge on any atom is 0.154 e. The van der Waals surface area contributed by atoms with Crippen LogP contribution in [-0.4, -0.2) is 14.6 Å². The van der Waals surface area contributed by atoms with Crippen LogP contribution in [0, 0.1) is 6.92 Å². The van der Waals surface area contributed by atoms with E-state index in [1.54, 1.807) is 0 Å². The third-order valence-electron chi connectivity index (χ3n) is 2.28. The third kappa shape index (κ3) is 0.960. The van der Waals surface area contributed by atoms with Crippen LogP contribution >= 0.6 is 11.6 Å². The summed E-state index contributed by atoms with van der Waals surface area (Å²) in [6.45, 7) is 2.01. The van der Waals surface area contributed by atoms with Gasteiger partial charge >= 0.3 is 0 Å². The van der Waals surface area contributed by atoms with Crippen molar-refractivity contribution in [2.24, 2.45) is 0 Å². The molecule has 3 nitrogen and oxygen atoms in total. The van der Waals surface area contributed by atoms with Crippen molar-refractivity contribution in [3.8, 4) is 0 Å². The van der Waals surface area contributed by atoms with Gasteiger partial charge in [-0.15, -0.1) is 0 Å². The van der Waals surface area contributed by atoms with E-state index in [1.165, 1.54) is 0 Å². The van der Waals surface area contributed by atoms with Gasteiger partial charge in [-0.1, -0.05) is 11.6 Å². The van der Waals surface area contributed by atoms with Crippen LogP contribution in [-0.2, 0) is 0 Å². The Balaban J connectivity index is 2.55. The van der Waals surface area contributed by atoms with Gasteiger partial charge in [0.25, 0.3) is 0 Å². The van der Waals surface area contributed by atoms with Gasteiger partial charge in [0.05, 0.1) is 11.0 Å².